The van der Waals surface area contributed by atoms with E-state index in [9.17, 15) is 9.90 Å². The van der Waals surface area contributed by atoms with Crippen LogP contribution in [0.2, 0.25) is 0 Å². The fourth-order valence-electron chi connectivity index (χ4n) is 2.10. The zero-order valence-electron chi connectivity index (χ0n) is 9.45. The maximum absolute atomic E-state index is 11.7. The van der Waals surface area contributed by atoms with Gasteiger partial charge in [-0.3, -0.25) is 4.79 Å². The molecule has 0 aromatic carbocycles. The zero-order valence-corrected chi connectivity index (χ0v) is 10.3. The third-order valence-corrected chi connectivity index (χ3v) is 4.08. The Morgan fingerprint density at radius 3 is 2.75 bits per heavy atom. The molecule has 1 aromatic rings. The molecule has 1 saturated carbocycles. The first kappa shape index (κ1) is 11.6. The van der Waals surface area contributed by atoms with Gasteiger partial charge in [-0.05, 0) is 31.9 Å². The molecule has 0 aliphatic heterocycles. The van der Waals surface area contributed by atoms with Crippen LogP contribution in [0.25, 0.3) is 0 Å². The molecule has 3 nitrogen and oxygen atoms in total. The average Bonchev–Trinajstić information content (AvgIpc) is 2.85. The Balaban J connectivity index is 1.88. The minimum Gasteiger partial charge on any atom is -0.388 e. The van der Waals surface area contributed by atoms with E-state index in [4.69, 9.17) is 0 Å². The summed E-state index contributed by atoms with van der Waals surface area (Å²) in [4.78, 5) is 13.6. The highest BCUT2D eigenvalue weighted by Gasteiger charge is 2.31. The number of carbonyl (C=O) groups is 1. The van der Waals surface area contributed by atoms with Crippen molar-refractivity contribution in [1.82, 2.24) is 5.32 Å². The van der Waals surface area contributed by atoms with Gasteiger partial charge in [0, 0.05) is 11.4 Å². The van der Waals surface area contributed by atoms with Gasteiger partial charge in [0.1, 0.15) is 0 Å². The van der Waals surface area contributed by atoms with Crippen molar-refractivity contribution in [3.05, 3.63) is 21.9 Å². The molecular formula is C12H17NO2S. The topological polar surface area (TPSA) is 49.3 Å². The van der Waals surface area contributed by atoms with Crippen LogP contribution in [-0.4, -0.2) is 23.2 Å². The van der Waals surface area contributed by atoms with Gasteiger partial charge in [-0.15, -0.1) is 11.3 Å². The third kappa shape index (κ3) is 2.62. The number of hydrogen-bond donors (Lipinski definition) is 2. The van der Waals surface area contributed by atoms with Crippen LogP contribution < -0.4 is 5.32 Å². The van der Waals surface area contributed by atoms with E-state index in [1.54, 1.807) is 0 Å². The van der Waals surface area contributed by atoms with Gasteiger partial charge in [0.15, 0.2) is 0 Å². The van der Waals surface area contributed by atoms with Crippen LogP contribution in [0.5, 0.6) is 0 Å². The highest BCUT2D eigenvalue weighted by Crippen LogP contribution is 2.28. The lowest BCUT2D eigenvalue weighted by molar-refractivity contribution is 0.0450. The molecule has 16 heavy (non-hydrogen) atoms. The Kier molecular flexibility index (Phi) is 3.30. The molecule has 4 heteroatoms. The molecule has 2 rings (SSSR count). The highest BCUT2D eigenvalue weighted by molar-refractivity contribution is 7.13. The summed E-state index contributed by atoms with van der Waals surface area (Å²) < 4.78 is 0. The van der Waals surface area contributed by atoms with E-state index in [0.29, 0.717) is 6.54 Å². The summed E-state index contributed by atoms with van der Waals surface area (Å²) in [5.41, 5.74) is -0.665. The van der Waals surface area contributed by atoms with Gasteiger partial charge in [0.2, 0.25) is 0 Å². The van der Waals surface area contributed by atoms with Crippen molar-refractivity contribution in [2.24, 2.45) is 0 Å². The Bertz CT molecular complexity index is 380. The van der Waals surface area contributed by atoms with E-state index in [1.807, 2.05) is 19.1 Å². The van der Waals surface area contributed by atoms with Gasteiger partial charge in [-0.2, -0.15) is 0 Å². The monoisotopic (exact) mass is 239 g/mol. The fourth-order valence-corrected chi connectivity index (χ4v) is 2.88. The molecule has 0 unspecified atom stereocenters. The first-order valence-electron chi connectivity index (χ1n) is 5.66. The van der Waals surface area contributed by atoms with Crippen molar-refractivity contribution in [1.29, 1.82) is 0 Å². The summed E-state index contributed by atoms with van der Waals surface area (Å²) in [5.74, 6) is -0.0709. The first-order valence-corrected chi connectivity index (χ1v) is 6.48. The molecular weight excluding hydrogens is 222 g/mol. The van der Waals surface area contributed by atoms with Crippen LogP contribution in [0.4, 0.5) is 0 Å². The molecule has 1 aliphatic carbocycles. The number of thiophene rings is 1. The Labute approximate surface area is 99.5 Å². The summed E-state index contributed by atoms with van der Waals surface area (Å²) in [6, 6.07) is 3.76. The normalized spacial score (nSPS) is 18.6. The Morgan fingerprint density at radius 1 is 1.50 bits per heavy atom. The van der Waals surface area contributed by atoms with Gasteiger partial charge in [-0.1, -0.05) is 12.8 Å². The van der Waals surface area contributed by atoms with Crippen LogP contribution in [0, 0.1) is 6.92 Å². The van der Waals surface area contributed by atoms with E-state index < -0.39 is 5.60 Å². The van der Waals surface area contributed by atoms with Crippen molar-refractivity contribution in [3.63, 3.8) is 0 Å². The molecule has 88 valence electrons. The SMILES string of the molecule is Cc1ccc(C(=O)NCC2(O)CCCC2)s1. The van der Waals surface area contributed by atoms with Crippen molar-refractivity contribution >= 4 is 17.2 Å². The summed E-state index contributed by atoms with van der Waals surface area (Å²) in [5, 5.41) is 12.9. The minimum atomic E-state index is -0.665. The van der Waals surface area contributed by atoms with E-state index in [1.165, 1.54) is 11.3 Å². The number of aryl methyl sites for hydroxylation is 1. The van der Waals surface area contributed by atoms with Gasteiger partial charge in [0.05, 0.1) is 10.5 Å². The second kappa shape index (κ2) is 4.55. The summed E-state index contributed by atoms with van der Waals surface area (Å²) in [6.45, 7) is 2.36. The molecule has 0 spiro atoms. The van der Waals surface area contributed by atoms with Crippen LogP contribution in [-0.2, 0) is 0 Å². The highest BCUT2D eigenvalue weighted by atomic mass is 32.1. The van der Waals surface area contributed by atoms with Crippen molar-refractivity contribution in [2.75, 3.05) is 6.54 Å². The van der Waals surface area contributed by atoms with Gasteiger partial charge in [-0.25, -0.2) is 0 Å². The largest absolute Gasteiger partial charge is 0.388 e. The van der Waals surface area contributed by atoms with E-state index in [2.05, 4.69) is 5.32 Å². The average molecular weight is 239 g/mol. The van der Waals surface area contributed by atoms with Gasteiger partial charge < -0.3 is 10.4 Å². The summed E-state index contributed by atoms with van der Waals surface area (Å²) in [6.07, 6.45) is 3.72. The number of aliphatic hydroxyl groups is 1. The number of hydrogen-bond acceptors (Lipinski definition) is 3. The van der Waals surface area contributed by atoms with Crippen LogP contribution in [0.15, 0.2) is 12.1 Å². The van der Waals surface area contributed by atoms with Gasteiger partial charge in [0.25, 0.3) is 5.91 Å². The fraction of sp³-hybridized carbons (Fsp3) is 0.583. The number of nitrogens with one attached hydrogen (secondary N) is 1. The van der Waals surface area contributed by atoms with Crippen LogP contribution >= 0.6 is 11.3 Å². The molecule has 1 amide bonds. The van der Waals surface area contributed by atoms with E-state index in [-0.39, 0.29) is 5.91 Å². The second-order valence-corrected chi connectivity index (χ2v) is 5.81. The van der Waals surface area contributed by atoms with E-state index in [0.717, 1.165) is 35.4 Å². The predicted octanol–water partition coefficient (Wildman–Crippen LogP) is 2.09. The third-order valence-electron chi connectivity index (χ3n) is 3.08. The van der Waals surface area contributed by atoms with Crippen LogP contribution in [0.1, 0.15) is 40.2 Å². The Morgan fingerprint density at radius 2 is 2.19 bits per heavy atom. The van der Waals surface area contributed by atoms with Crippen molar-refractivity contribution in [2.45, 2.75) is 38.2 Å². The second-order valence-electron chi connectivity index (χ2n) is 4.52. The molecule has 1 aliphatic rings. The molecule has 0 bridgehead atoms. The number of amides is 1. The zero-order chi connectivity index (χ0) is 11.6. The molecule has 2 N–H and O–H groups in total. The van der Waals surface area contributed by atoms with Crippen LogP contribution in [0.3, 0.4) is 0 Å². The molecule has 0 radical (unpaired) electrons. The molecule has 1 fully saturated rings. The first-order chi connectivity index (χ1) is 7.59. The smallest absolute Gasteiger partial charge is 0.261 e. The van der Waals surface area contributed by atoms with E-state index >= 15 is 0 Å². The van der Waals surface area contributed by atoms with Crippen molar-refractivity contribution in [3.8, 4) is 0 Å². The van der Waals surface area contributed by atoms with Crippen molar-refractivity contribution < 1.29 is 9.90 Å². The molecule has 0 saturated heterocycles. The standard InChI is InChI=1S/C12H17NO2S/c1-9-4-5-10(16-9)11(14)13-8-12(15)6-2-3-7-12/h4-5,15H,2-3,6-8H2,1H3,(H,13,14). The maximum atomic E-state index is 11.7. The predicted molar refractivity (Wildman–Crippen MR) is 64.8 cm³/mol. The quantitative estimate of drug-likeness (QED) is 0.848. The maximum Gasteiger partial charge on any atom is 0.261 e. The Hall–Kier alpha value is -0.870. The number of rotatable bonds is 3. The molecule has 1 heterocycles. The summed E-state index contributed by atoms with van der Waals surface area (Å²) >= 11 is 1.48. The van der Waals surface area contributed by atoms with Gasteiger partial charge >= 0.3 is 0 Å². The lowest BCUT2D eigenvalue weighted by Crippen LogP contribution is -2.40. The lowest BCUT2D eigenvalue weighted by Gasteiger charge is -2.21. The molecule has 1 aromatic heterocycles. The minimum absolute atomic E-state index is 0.0709. The lowest BCUT2D eigenvalue weighted by atomic mass is 10.0. The number of carbonyl (C=O) groups excluding carboxylic acids is 1. The summed E-state index contributed by atoms with van der Waals surface area (Å²) in [7, 11) is 0. The molecule has 0 atom stereocenters.